The fourth-order valence-corrected chi connectivity index (χ4v) is 7.24. The number of hydrogen-bond donors (Lipinski definition) is 0. The predicted octanol–water partition coefficient (Wildman–Crippen LogP) is 9.79. The number of para-hydroxylation sites is 3. The smallest absolute Gasteiger partial charge is 0.0561 e. The van der Waals surface area contributed by atoms with Crippen molar-refractivity contribution in [2.24, 2.45) is 0 Å². The third-order valence-electron chi connectivity index (χ3n) is 9.15. The summed E-state index contributed by atoms with van der Waals surface area (Å²) in [6.07, 6.45) is 0. The van der Waals surface area contributed by atoms with Crippen LogP contribution >= 0.6 is 0 Å². The SMILES string of the molecule is CC1(C)c2c#cccc2-c2ccc(-n3c4ccccc4c4ccc(-n5c6ccccc6c6ccccc65)cc43)cc21. The molecule has 1 aliphatic rings. The molecule has 9 rings (SSSR count). The van der Waals surface area contributed by atoms with E-state index in [9.17, 15) is 0 Å². The Morgan fingerprint density at radius 1 is 0.512 bits per heavy atom. The van der Waals surface area contributed by atoms with Gasteiger partial charge in [0.25, 0.3) is 0 Å². The molecule has 1 aliphatic carbocycles. The summed E-state index contributed by atoms with van der Waals surface area (Å²) in [4.78, 5) is 0. The molecule has 2 heteroatoms. The molecule has 2 nitrogen and oxygen atoms in total. The van der Waals surface area contributed by atoms with Gasteiger partial charge in [-0.15, -0.1) is 0 Å². The Hall–Kier alpha value is -5.26. The van der Waals surface area contributed by atoms with E-state index >= 15 is 0 Å². The molecular weight excluding hydrogens is 496 g/mol. The minimum atomic E-state index is -0.134. The Morgan fingerprint density at radius 3 is 1.71 bits per heavy atom. The quantitative estimate of drug-likeness (QED) is 0.214. The van der Waals surface area contributed by atoms with E-state index in [0.29, 0.717) is 0 Å². The van der Waals surface area contributed by atoms with Crippen LogP contribution in [0.25, 0.3) is 66.1 Å². The van der Waals surface area contributed by atoms with Crippen LogP contribution in [0, 0.1) is 12.1 Å². The number of rotatable bonds is 2. The monoisotopic (exact) mass is 522 g/mol. The normalized spacial score (nSPS) is 13.6. The van der Waals surface area contributed by atoms with Gasteiger partial charge in [0, 0.05) is 43.9 Å². The molecule has 0 N–H and O–H groups in total. The van der Waals surface area contributed by atoms with Gasteiger partial charge in [0.05, 0.1) is 22.1 Å². The maximum atomic E-state index is 3.42. The Kier molecular flexibility index (Phi) is 4.35. The summed E-state index contributed by atoms with van der Waals surface area (Å²) >= 11 is 0. The molecule has 0 spiro atoms. The summed E-state index contributed by atoms with van der Waals surface area (Å²) in [6, 6.07) is 50.8. The van der Waals surface area contributed by atoms with Gasteiger partial charge in [-0.1, -0.05) is 92.7 Å². The van der Waals surface area contributed by atoms with Gasteiger partial charge in [0.1, 0.15) is 0 Å². The number of benzene rings is 5. The minimum Gasteiger partial charge on any atom is -0.309 e. The van der Waals surface area contributed by atoms with Gasteiger partial charge >= 0.3 is 0 Å². The van der Waals surface area contributed by atoms with E-state index in [1.54, 1.807) is 0 Å². The zero-order chi connectivity index (χ0) is 27.3. The van der Waals surface area contributed by atoms with Crippen molar-refractivity contribution in [2.45, 2.75) is 19.3 Å². The zero-order valence-electron chi connectivity index (χ0n) is 22.9. The molecule has 2 heterocycles. The summed E-state index contributed by atoms with van der Waals surface area (Å²) in [5.41, 5.74) is 12.2. The zero-order valence-corrected chi connectivity index (χ0v) is 22.9. The van der Waals surface area contributed by atoms with Crippen molar-refractivity contribution in [1.29, 1.82) is 0 Å². The maximum absolute atomic E-state index is 3.42. The molecular formula is C39H26N2. The average Bonchev–Trinajstić information content (AvgIpc) is 3.61. The van der Waals surface area contributed by atoms with Crippen molar-refractivity contribution in [3.05, 3.63) is 145 Å². The lowest BCUT2D eigenvalue weighted by atomic mass is 9.83. The lowest BCUT2D eigenvalue weighted by Crippen LogP contribution is -2.15. The second-order valence-electron chi connectivity index (χ2n) is 11.7. The number of hydrogen-bond acceptors (Lipinski definition) is 0. The van der Waals surface area contributed by atoms with Crippen LogP contribution in [0.1, 0.15) is 25.0 Å². The van der Waals surface area contributed by atoms with Crippen molar-refractivity contribution in [2.75, 3.05) is 0 Å². The Balaban J connectivity index is 1.34. The Morgan fingerprint density at radius 2 is 1.05 bits per heavy atom. The maximum Gasteiger partial charge on any atom is 0.0561 e. The van der Waals surface area contributed by atoms with Crippen molar-refractivity contribution in [3.8, 4) is 22.5 Å². The first-order valence-electron chi connectivity index (χ1n) is 14.2. The predicted molar refractivity (Wildman–Crippen MR) is 170 cm³/mol. The van der Waals surface area contributed by atoms with E-state index < -0.39 is 0 Å². The lowest BCUT2D eigenvalue weighted by Gasteiger charge is -2.21. The van der Waals surface area contributed by atoms with Crippen LogP contribution < -0.4 is 0 Å². The van der Waals surface area contributed by atoms with Gasteiger partial charge in [-0.3, -0.25) is 0 Å². The topological polar surface area (TPSA) is 9.86 Å². The largest absolute Gasteiger partial charge is 0.309 e. The number of nitrogens with zero attached hydrogens (tertiary/aromatic N) is 2. The molecule has 6 aromatic carbocycles. The van der Waals surface area contributed by atoms with Crippen LogP contribution in [0.4, 0.5) is 0 Å². The summed E-state index contributed by atoms with van der Waals surface area (Å²) in [5.74, 6) is 0. The highest BCUT2D eigenvalue weighted by molar-refractivity contribution is 6.12. The second-order valence-corrected chi connectivity index (χ2v) is 11.7. The minimum absolute atomic E-state index is 0.134. The average molecular weight is 523 g/mol. The molecule has 0 radical (unpaired) electrons. The first-order chi connectivity index (χ1) is 20.1. The summed E-state index contributed by atoms with van der Waals surface area (Å²) in [7, 11) is 0. The van der Waals surface area contributed by atoms with E-state index in [0.717, 1.165) is 5.69 Å². The van der Waals surface area contributed by atoms with E-state index in [1.165, 1.54) is 71.6 Å². The first-order valence-corrected chi connectivity index (χ1v) is 14.2. The van der Waals surface area contributed by atoms with Crippen molar-refractivity contribution >= 4 is 43.6 Å². The van der Waals surface area contributed by atoms with Crippen LogP contribution in [0.2, 0.25) is 0 Å². The molecule has 0 unspecified atom stereocenters. The molecule has 0 aliphatic heterocycles. The summed E-state index contributed by atoms with van der Waals surface area (Å²) in [6.45, 7) is 4.61. The molecule has 8 aromatic rings. The van der Waals surface area contributed by atoms with Crippen molar-refractivity contribution in [1.82, 2.24) is 9.13 Å². The van der Waals surface area contributed by atoms with Gasteiger partial charge in [0.15, 0.2) is 0 Å². The first kappa shape index (κ1) is 22.5. The van der Waals surface area contributed by atoms with E-state index in [4.69, 9.17) is 0 Å². The van der Waals surface area contributed by atoms with Gasteiger partial charge in [0.2, 0.25) is 0 Å². The van der Waals surface area contributed by atoms with Crippen molar-refractivity contribution < 1.29 is 0 Å². The fourth-order valence-electron chi connectivity index (χ4n) is 7.24. The molecule has 2 aromatic heterocycles. The van der Waals surface area contributed by atoms with Crippen LogP contribution in [0.15, 0.2) is 121 Å². The van der Waals surface area contributed by atoms with Gasteiger partial charge in [-0.25, -0.2) is 0 Å². The van der Waals surface area contributed by atoms with E-state index in [-0.39, 0.29) is 5.41 Å². The molecule has 41 heavy (non-hydrogen) atoms. The molecule has 0 saturated carbocycles. The summed E-state index contributed by atoms with van der Waals surface area (Å²) in [5, 5.41) is 5.08. The number of aromatic nitrogens is 2. The Labute approximate surface area is 238 Å². The standard InChI is InChI=1S/C39H26N2/c1-39(2)33-15-7-3-11-27(33)28-21-19-25(23-34(28)39)41-37-18-10-6-14-31(37)32-22-20-26(24-38(32)41)40-35-16-8-4-12-29(35)30-13-5-9-17-36(30)40/h3-6,8-14,16-24H,1-2H3. The van der Waals surface area contributed by atoms with Crippen LogP contribution in [-0.4, -0.2) is 9.13 Å². The van der Waals surface area contributed by atoms with Crippen LogP contribution in [0.5, 0.6) is 0 Å². The van der Waals surface area contributed by atoms with Crippen LogP contribution in [-0.2, 0) is 5.41 Å². The van der Waals surface area contributed by atoms with Gasteiger partial charge < -0.3 is 9.13 Å². The summed E-state index contributed by atoms with van der Waals surface area (Å²) < 4.78 is 4.85. The number of fused-ring (bicyclic) bond motifs is 9. The second kappa shape index (κ2) is 7.90. The van der Waals surface area contributed by atoms with Crippen molar-refractivity contribution in [3.63, 3.8) is 0 Å². The van der Waals surface area contributed by atoms with Gasteiger partial charge in [-0.2, -0.15) is 0 Å². The fraction of sp³-hybridized carbons (Fsp3) is 0.0769. The molecule has 0 amide bonds. The molecule has 0 atom stereocenters. The van der Waals surface area contributed by atoms with Crippen LogP contribution in [0.3, 0.4) is 0 Å². The molecule has 192 valence electrons. The lowest BCUT2D eigenvalue weighted by molar-refractivity contribution is 0.660. The molecule has 0 fully saturated rings. The third-order valence-corrected chi connectivity index (χ3v) is 9.15. The van der Waals surface area contributed by atoms with E-state index in [1.807, 2.05) is 6.07 Å². The van der Waals surface area contributed by atoms with E-state index in [2.05, 4.69) is 150 Å². The highest BCUT2D eigenvalue weighted by Gasteiger charge is 2.36. The third kappa shape index (κ3) is 2.93. The van der Waals surface area contributed by atoms with Gasteiger partial charge in [-0.05, 0) is 71.3 Å². The Bertz CT molecular complexity index is 2290. The highest BCUT2D eigenvalue weighted by atomic mass is 15.0. The highest BCUT2D eigenvalue weighted by Crippen LogP contribution is 2.48. The molecule has 0 bridgehead atoms. The molecule has 0 saturated heterocycles.